The van der Waals surface area contributed by atoms with Crippen LogP contribution in [0.1, 0.15) is 19.6 Å². The first-order chi connectivity index (χ1) is 13.8. The van der Waals surface area contributed by atoms with Crippen LogP contribution in [0.15, 0.2) is 45.7 Å². The molecule has 0 unspecified atom stereocenters. The van der Waals surface area contributed by atoms with Crippen molar-refractivity contribution in [2.45, 2.75) is 19.9 Å². The quantitative estimate of drug-likeness (QED) is 0.301. The van der Waals surface area contributed by atoms with Crippen LogP contribution in [0.5, 0.6) is 0 Å². The van der Waals surface area contributed by atoms with Gasteiger partial charge in [-0.05, 0) is 43.8 Å². The maximum Gasteiger partial charge on any atom is 0.329 e. The van der Waals surface area contributed by atoms with Crippen molar-refractivity contribution in [2.24, 2.45) is 0 Å². The van der Waals surface area contributed by atoms with E-state index >= 15 is 0 Å². The number of nitro groups is 1. The van der Waals surface area contributed by atoms with Gasteiger partial charge >= 0.3 is 5.97 Å². The van der Waals surface area contributed by atoms with Crippen molar-refractivity contribution in [3.8, 4) is 11.3 Å². The van der Waals surface area contributed by atoms with E-state index in [1.807, 2.05) is 0 Å². The van der Waals surface area contributed by atoms with Crippen LogP contribution in [0.25, 0.3) is 17.4 Å². The molecule has 150 valence electrons. The zero-order chi connectivity index (χ0) is 21.1. The van der Waals surface area contributed by atoms with Crippen LogP contribution < -0.4 is 0 Å². The van der Waals surface area contributed by atoms with Gasteiger partial charge in [-0.1, -0.05) is 12.1 Å². The summed E-state index contributed by atoms with van der Waals surface area (Å²) < 4.78 is 10.5. The molecule has 2 heterocycles. The monoisotopic (exact) mass is 416 g/mol. The molecule has 1 fully saturated rings. The van der Waals surface area contributed by atoms with Crippen LogP contribution in [0.2, 0.25) is 0 Å². The van der Waals surface area contributed by atoms with Gasteiger partial charge in [-0.3, -0.25) is 24.6 Å². The van der Waals surface area contributed by atoms with Gasteiger partial charge in [0.25, 0.3) is 16.8 Å². The third-order valence-electron chi connectivity index (χ3n) is 4.10. The standard InChI is InChI=1S/C19H16N2O7S/c1-3-27-18(23)11(2)20-17(22)16(29-19(20)24)10-12-8-9-15(28-12)13-6-4-5-7-14(13)21(25)26/h4-11H,3H2,1-2H3/b16-10-/t11-/m1/s1. The van der Waals surface area contributed by atoms with Gasteiger partial charge < -0.3 is 9.15 Å². The maximum atomic E-state index is 12.6. The van der Waals surface area contributed by atoms with Crippen molar-refractivity contribution < 1.29 is 28.5 Å². The summed E-state index contributed by atoms with van der Waals surface area (Å²) in [6.45, 7) is 3.18. The van der Waals surface area contributed by atoms with Crippen LogP contribution in [-0.2, 0) is 14.3 Å². The average molecular weight is 416 g/mol. The Kier molecular flexibility index (Phi) is 5.83. The van der Waals surface area contributed by atoms with E-state index in [-0.39, 0.29) is 28.7 Å². The van der Waals surface area contributed by atoms with Crippen LogP contribution in [0.4, 0.5) is 10.5 Å². The van der Waals surface area contributed by atoms with Crippen molar-refractivity contribution in [2.75, 3.05) is 6.61 Å². The molecule has 1 aliphatic rings. The Hall–Kier alpha value is -3.40. The predicted octanol–water partition coefficient (Wildman–Crippen LogP) is 3.84. The first-order valence-electron chi connectivity index (χ1n) is 8.60. The molecule has 10 heteroatoms. The molecule has 0 aliphatic carbocycles. The van der Waals surface area contributed by atoms with Gasteiger partial charge in [-0.15, -0.1) is 0 Å². The van der Waals surface area contributed by atoms with Crippen LogP contribution >= 0.6 is 11.8 Å². The minimum absolute atomic E-state index is 0.0783. The predicted molar refractivity (Wildman–Crippen MR) is 105 cm³/mol. The maximum absolute atomic E-state index is 12.6. The summed E-state index contributed by atoms with van der Waals surface area (Å²) in [5.41, 5.74) is 0.179. The van der Waals surface area contributed by atoms with E-state index in [1.165, 1.54) is 25.1 Å². The second-order valence-corrected chi connectivity index (χ2v) is 6.95. The lowest BCUT2D eigenvalue weighted by Gasteiger charge is -2.19. The number of nitrogens with zero attached hydrogens (tertiary/aromatic N) is 2. The number of esters is 1. The van der Waals surface area contributed by atoms with Gasteiger partial charge in [-0.25, -0.2) is 4.79 Å². The number of ether oxygens (including phenoxy) is 1. The smallest absolute Gasteiger partial charge is 0.329 e. The highest BCUT2D eigenvalue weighted by molar-refractivity contribution is 8.18. The Morgan fingerprint density at radius 2 is 2.03 bits per heavy atom. The minimum Gasteiger partial charge on any atom is -0.464 e. The number of carbonyl (C=O) groups excluding carboxylic acids is 3. The Balaban J connectivity index is 1.86. The Morgan fingerprint density at radius 3 is 2.72 bits per heavy atom. The lowest BCUT2D eigenvalue weighted by Crippen LogP contribution is -2.42. The highest BCUT2D eigenvalue weighted by Gasteiger charge is 2.41. The van der Waals surface area contributed by atoms with E-state index in [0.29, 0.717) is 17.3 Å². The summed E-state index contributed by atoms with van der Waals surface area (Å²) in [6.07, 6.45) is 1.36. The fraction of sp³-hybridized carbons (Fsp3) is 0.211. The Morgan fingerprint density at radius 1 is 1.31 bits per heavy atom. The van der Waals surface area contributed by atoms with Gasteiger partial charge in [0.1, 0.15) is 17.6 Å². The molecule has 1 aromatic heterocycles. The van der Waals surface area contributed by atoms with E-state index in [4.69, 9.17) is 9.15 Å². The third-order valence-corrected chi connectivity index (χ3v) is 4.99. The first-order valence-corrected chi connectivity index (χ1v) is 9.42. The molecule has 3 rings (SSSR count). The number of hydrogen-bond acceptors (Lipinski definition) is 8. The van der Waals surface area contributed by atoms with Crippen molar-refractivity contribution in [1.82, 2.24) is 4.90 Å². The van der Waals surface area contributed by atoms with E-state index < -0.39 is 28.1 Å². The largest absolute Gasteiger partial charge is 0.464 e. The van der Waals surface area contributed by atoms with Crippen LogP contribution in [0.3, 0.4) is 0 Å². The molecule has 1 atom stereocenters. The number of imide groups is 1. The van der Waals surface area contributed by atoms with Gasteiger partial charge in [0.05, 0.1) is 22.0 Å². The number of benzene rings is 1. The van der Waals surface area contributed by atoms with Crippen molar-refractivity contribution >= 4 is 40.6 Å². The highest BCUT2D eigenvalue weighted by Crippen LogP contribution is 2.36. The molecule has 0 bridgehead atoms. The Labute approximate surface area is 169 Å². The number of hydrogen-bond donors (Lipinski definition) is 0. The van der Waals surface area contributed by atoms with E-state index in [9.17, 15) is 24.5 Å². The lowest BCUT2D eigenvalue weighted by atomic mass is 10.1. The third kappa shape index (κ3) is 4.06. The van der Waals surface area contributed by atoms with Crippen LogP contribution in [-0.4, -0.2) is 39.6 Å². The van der Waals surface area contributed by atoms with E-state index in [2.05, 4.69) is 0 Å². The molecule has 1 saturated heterocycles. The Bertz CT molecular complexity index is 1030. The molecule has 29 heavy (non-hydrogen) atoms. The number of furan rings is 1. The zero-order valence-electron chi connectivity index (χ0n) is 15.5. The normalized spacial score (nSPS) is 16.3. The number of rotatable bonds is 6. The summed E-state index contributed by atoms with van der Waals surface area (Å²) in [7, 11) is 0. The van der Waals surface area contributed by atoms with Crippen molar-refractivity contribution in [3.05, 3.63) is 57.2 Å². The zero-order valence-corrected chi connectivity index (χ0v) is 16.3. The summed E-state index contributed by atoms with van der Waals surface area (Å²) in [5.74, 6) is -0.813. The number of para-hydroxylation sites is 1. The minimum atomic E-state index is -1.05. The first kappa shape index (κ1) is 20.3. The fourth-order valence-corrected chi connectivity index (χ4v) is 3.62. The summed E-state index contributed by atoms with van der Waals surface area (Å²) >= 11 is 0.676. The second kappa shape index (κ2) is 8.31. The van der Waals surface area contributed by atoms with Gasteiger partial charge in [0, 0.05) is 12.1 Å². The number of carbonyl (C=O) groups is 3. The van der Waals surface area contributed by atoms with E-state index in [1.54, 1.807) is 31.2 Å². The van der Waals surface area contributed by atoms with Crippen LogP contribution in [0, 0.1) is 10.1 Å². The molecular formula is C19H16N2O7S. The lowest BCUT2D eigenvalue weighted by molar-refractivity contribution is -0.384. The van der Waals surface area contributed by atoms with Crippen molar-refractivity contribution in [1.29, 1.82) is 0 Å². The average Bonchev–Trinajstić information content (AvgIpc) is 3.26. The molecule has 0 N–H and O–H groups in total. The number of thioether (sulfide) groups is 1. The molecule has 1 aliphatic heterocycles. The highest BCUT2D eigenvalue weighted by atomic mass is 32.2. The van der Waals surface area contributed by atoms with Crippen molar-refractivity contribution in [3.63, 3.8) is 0 Å². The fourth-order valence-electron chi connectivity index (χ4n) is 2.73. The molecule has 0 radical (unpaired) electrons. The molecule has 2 aromatic rings. The van der Waals surface area contributed by atoms with E-state index in [0.717, 1.165) is 4.90 Å². The number of amides is 2. The molecule has 0 saturated carbocycles. The summed E-state index contributed by atoms with van der Waals surface area (Å²) in [5, 5.41) is 10.6. The molecular weight excluding hydrogens is 400 g/mol. The molecule has 1 aromatic carbocycles. The van der Waals surface area contributed by atoms with Gasteiger partial charge in [0.15, 0.2) is 0 Å². The molecule has 9 nitrogen and oxygen atoms in total. The molecule has 0 spiro atoms. The van der Waals surface area contributed by atoms with Gasteiger partial charge in [0.2, 0.25) is 0 Å². The van der Waals surface area contributed by atoms with Gasteiger partial charge in [-0.2, -0.15) is 0 Å². The summed E-state index contributed by atoms with van der Waals surface area (Å²) in [4.78, 5) is 48.2. The second-order valence-electron chi connectivity index (χ2n) is 5.96. The topological polar surface area (TPSA) is 120 Å². The summed E-state index contributed by atoms with van der Waals surface area (Å²) in [6, 6.07) is 8.13. The SMILES string of the molecule is CCOC(=O)[C@@H](C)N1C(=O)S/C(=C\c2ccc(-c3ccccc3[N+](=O)[O-])o2)C1=O. The number of nitro benzene ring substituents is 1. The molecule has 2 amide bonds.